The van der Waals surface area contributed by atoms with Crippen molar-refractivity contribution in [3.05, 3.63) is 71.8 Å². The van der Waals surface area contributed by atoms with Crippen LogP contribution >= 0.6 is 11.8 Å². The molecule has 2 rings (SSSR count). The Bertz CT molecular complexity index is 650. The van der Waals surface area contributed by atoms with Crippen molar-refractivity contribution >= 4 is 17.7 Å². The summed E-state index contributed by atoms with van der Waals surface area (Å²) < 4.78 is 36.9. The van der Waals surface area contributed by atoms with E-state index in [0.29, 0.717) is 13.1 Å². The van der Waals surface area contributed by atoms with E-state index in [9.17, 15) is 18.0 Å². The summed E-state index contributed by atoms with van der Waals surface area (Å²) in [5.74, 6) is -0.0651. The first-order valence-electron chi connectivity index (χ1n) is 8.87. The second kappa shape index (κ2) is 10.4. The third-order valence-electron chi connectivity index (χ3n) is 4.04. The Labute approximate surface area is 162 Å². The minimum atomic E-state index is -4.15. The first-order valence-corrected chi connectivity index (χ1v) is 9.92. The lowest BCUT2D eigenvalue weighted by molar-refractivity contribution is -0.132. The van der Waals surface area contributed by atoms with E-state index in [-0.39, 0.29) is 23.3 Å². The number of rotatable bonds is 9. The van der Waals surface area contributed by atoms with Crippen molar-refractivity contribution in [2.75, 3.05) is 5.75 Å². The third kappa shape index (κ3) is 8.52. The minimum absolute atomic E-state index is 0.0185. The second-order valence-corrected chi connectivity index (χ2v) is 8.02. The summed E-state index contributed by atoms with van der Waals surface area (Å²) in [5.41, 5.74) is 2.05. The van der Waals surface area contributed by atoms with Crippen LogP contribution in [0.25, 0.3) is 0 Å². The number of benzene rings is 2. The smallest absolute Gasteiger partial charge is 0.334 e. The lowest BCUT2D eigenvalue weighted by atomic mass is 10.1. The van der Waals surface area contributed by atoms with E-state index < -0.39 is 12.6 Å². The number of carbonyl (C=O) groups is 1. The number of hydrogen-bond donors (Lipinski definition) is 0. The molecule has 0 saturated carbocycles. The number of halogens is 3. The average molecular weight is 395 g/mol. The lowest BCUT2D eigenvalue weighted by Crippen LogP contribution is -2.31. The van der Waals surface area contributed by atoms with Gasteiger partial charge in [-0.1, -0.05) is 67.6 Å². The molecule has 2 aromatic carbocycles. The molecule has 2 aromatic rings. The van der Waals surface area contributed by atoms with Crippen molar-refractivity contribution in [3.63, 3.8) is 0 Å². The van der Waals surface area contributed by atoms with Gasteiger partial charge in [0.05, 0.1) is 6.42 Å². The van der Waals surface area contributed by atoms with Gasteiger partial charge in [-0.05, 0) is 11.1 Å². The van der Waals surface area contributed by atoms with Crippen LogP contribution in [0.3, 0.4) is 0 Å². The third-order valence-corrected chi connectivity index (χ3v) is 5.21. The zero-order valence-corrected chi connectivity index (χ0v) is 16.1. The Morgan fingerprint density at radius 2 is 1.44 bits per heavy atom. The first kappa shape index (κ1) is 21.4. The van der Waals surface area contributed by atoms with Gasteiger partial charge in [-0.2, -0.15) is 24.9 Å². The van der Waals surface area contributed by atoms with Crippen molar-refractivity contribution in [1.29, 1.82) is 0 Å². The van der Waals surface area contributed by atoms with Gasteiger partial charge in [-0.25, -0.2) is 0 Å². The van der Waals surface area contributed by atoms with Crippen molar-refractivity contribution in [3.8, 4) is 0 Å². The van der Waals surface area contributed by atoms with E-state index in [1.54, 1.807) is 4.90 Å². The summed E-state index contributed by atoms with van der Waals surface area (Å²) in [7, 11) is 0. The largest absolute Gasteiger partial charge is 0.389 e. The topological polar surface area (TPSA) is 20.3 Å². The highest BCUT2D eigenvalue weighted by Gasteiger charge is 2.27. The van der Waals surface area contributed by atoms with Gasteiger partial charge in [-0.3, -0.25) is 4.79 Å². The molecule has 1 atom stereocenters. The van der Waals surface area contributed by atoms with E-state index in [2.05, 4.69) is 0 Å². The van der Waals surface area contributed by atoms with E-state index in [1.807, 2.05) is 67.6 Å². The average Bonchev–Trinajstić information content (AvgIpc) is 2.62. The summed E-state index contributed by atoms with van der Waals surface area (Å²) in [6, 6.07) is 19.4. The van der Waals surface area contributed by atoms with Crippen LogP contribution in [0.4, 0.5) is 13.2 Å². The molecule has 0 heterocycles. The monoisotopic (exact) mass is 395 g/mol. The summed E-state index contributed by atoms with van der Waals surface area (Å²) in [6.45, 7) is 2.77. The van der Waals surface area contributed by atoms with Gasteiger partial charge in [0.2, 0.25) is 5.91 Å². The van der Waals surface area contributed by atoms with Gasteiger partial charge in [-0.15, -0.1) is 0 Å². The highest BCUT2D eigenvalue weighted by Crippen LogP contribution is 2.25. The molecule has 0 aliphatic carbocycles. The molecule has 0 fully saturated rings. The summed E-state index contributed by atoms with van der Waals surface area (Å²) in [6.07, 6.45) is -4.75. The van der Waals surface area contributed by atoms with Gasteiger partial charge in [0.25, 0.3) is 0 Å². The fraction of sp³-hybridized carbons (Fsp3) is 0.381. The maximum Gasteiger partial charge on any atom is 0.389 e. The highest BCUT2D eigenvalue weighted by molar-refractivity contribution is 7.99. The first-order chi connectivity index (χ1) is 12.8. The molecule has 27 heavy (non-hydrogen) atoms. The molecular formula is C21H24F3NOS. The van der Waals surface area contributed by atoms with Gasteiger partial charge in [0.1, 0.15) is 0 Å². The number of amides is 1. The van der Waals surface area contributed by atoms with E-state index in [4.69, 9.17) is 0 Å². The number of nitrogens with zero attached hydrogens (tertiary/aromatic N) is 1. The Morgan fingerprint density at radius 1 is 0.963 bits per heavy atom. The molecule has 0 aromatic heterocycles. The minimum Gasteiger partial charge on any atom is -0.334 e. The Morgan fingerprint density at radius 3 is 1.89 bits per heavy atom. The Hall–Kier alpha value is -1.95. The molecule has 2 nitrogen and oxygen atoms in total. The van der Waals surface area contributed by atoms with Crippen LogP contribution in [0.15, 0.2) is 60.7 Å². The van der Waals surface area contributed by atoms with Crippen molar-refractivity contribution in [2.45, 2.75) is 44.3 Å². The van der Waals surface area contributed by atoms with Crippen LogP contribution in [0.1, 0.15) is 30.9 Å². The van der Waals surface area contributed by atoms with Crippen LogP contribution in [0, 0.1) is 0 Å². The normalized spacial score (nSPS) is 12.6. The zero-order chi connectivity index (χ0) is 19.7. The van der Waals surface area contributed by atoms with Gasteiger partial charge in [0, 0.05) is 30.5 Å². The van der Waals surface area contributed by atoms with E-state index in [1.165, 1.54) is 11.8 Å². The lowest BCUT2D eigenvalue weighted by Gasteiger charge is -2.25. The molecule has 1 amide bonds. The summed E-state index contributed by atoms with van der Waals surface area (Å²) >= 11 is 1.19. The van der Waals surface area contributed by atoms with Crippen molar-refractivity contribution in [2.24, 2.45) is 0 Å². The Balaban J connectivity index is 1.97. The van der Waals surface area contributed by atoms with Crippen LogP contribution in [0.5, 0.6) is 0 Å². The molecule has 146 valence electrons. The van der Waals surface area contributed by atoms with Crippen LogP contribution in [-0.4, -0.2) is 28.0 Å². The molecule has 0 aliphatic heterocycles. The number of hydrogen-bond acceptors (Lipinski definition) is 2. The predicted molar refractivity (Wildman–Crippen MR) is 104 cm³/mol. The molecule has 0 radical (unpaired) electrons. The van der Waals surface area contributed by atoms with Crippen LogP contribution in [-0.2, 0) is 17.9 Å². The molecule has 0 bridgehead atoms. The van der Waals surface area contributed by atoms with Gasteiger partial charge in [0.15, 0.2) is 0 Å². The van der Waals surface area contributed by atoms with Gasteiger partial charge >= 0.3 is 6.18 Å². The number of alkyl halides is 3. The van der Waals surface area contributed by atoms with Crippen molar-refractivity contribution in [1.82, 2.24) is 4.90 Å². The maximum absolute atomic E-state index is 12.8. The second-order valence-electron chi connectivity index (χ2n) is 6.47. The number of carbonyl (C=O) groups excluding carboxylic acids is 1. The highest BCUT2D eigenvalue weighted by atomic mass is 32.2. The number of thioether (sulfide) groups is 1. The summed E-state index contributed by atoms with van der Waals surface area (Å²) in [5, 5.41) is -0.158. The van der Waals surface area contributed by atoms with E-state index >= 15 is 0 Å². The molecule has 0 N–H and O–H groups in total. The van der Waals surface area contributed by atoms with Crippen LogP contribution in [0.2, 0.25) is 0 Å². The summed E-state index contributed by atoms with van der Waals surface area (Å²) in [4.78, 5) is 14.6. The Kier molecular flexibility index (Phi) is 8.23. The molecule has 6 heteroatoms. The van der Waals surface area contributed by atoms with Crippen LogP contribution < -0.4 is 0 Å². The molecule has 0 aliphatic rings. The molecule has 0 unspecified atom stereocenters. The van der Waals surface area contributed by atoms with Crippen molar-refractivity contribution < 1.29 is 18.0 Å². The predicted octanol–water partition coefficient (Wildman–Crippen LogP) is 5.68. The fourth-order valence-electron chi connectivity index (χ4n) is 2.65. The molecule has 0 saturated heterocycles. The quantitative estimate of drug-likeness (QED) is 0.544. The molecule has 0 spiro atoms. The van der Waals surface area contributed by atoms with E-state index in [0.717, 1.165) is 11.1 Å². The fourth-order valence-corrected chi connectivity index (χ4v) is 3.66. The zero-order valence-electron chi connectivity index (χ0n) is 15.3. The SMILES string of the molecule is C[C@@H](CC(=O)N(Cc1ccccc1)Cc1ccccc1)SCCC(F)(F)F. The van der Waals surface area contributed by atoms with Gasteiger partial charge < -0.3 is 4.90 Å². The maximum atomic E-state index is 12.8. The molecular weight excluding hydrogens is 371 g/mol. The standard InChI is InChI=1S/C21H24F3NOS/c1-17(27-13-12-21(22,23)24)14-20(26)25(15-18-8-4-2-5-9-18)16-19-10-6-3-7-11-19/h2-11,17H,12-16H2,1H3/t17-/m0/s1.